The number of aromatic nitrogens is 4. The quantitative estimate of drug-likeness (QED) is 0.609. The van der Waals surface area contributed by atoms with Gasteiger partial charge in [-0.15, -0.1) is 0 Å². The second-order valence-electron chi connectivity index (χ2n) is 8.50. The van der Waals surface area contributed by atoms with Gasteiger partial charge < -0.3 is 4.90 Å². The largest absolute Gasteiger partial charge is 0.353 e. The third-order valence-corrected chi connectivity index (χ3v) is 6.33. The Kier molecular flexibility index (Phi) is 5.00. The van der Waals surface area contributed by atoms with E-state index in [0.717, 1.165) is 34.7 Å². The Morgan fingerprint density at radius 1 is 1.10 bits per heavy atom. The minimum atomic E-state index is 0.0253. The average Bonchev–Trinajstić information content (AvgIpc) is 3.46. The molecule has 2 heterocycles. The molecule has 0 amide bonds. The zero-order valence-electron chi connectivity index (χ0n) is 16.7. The van der Waals surface area contributed by atoms with Crippen molar-refractivity contribution in [3.63, 3.8) is 0 Å². The Bertz CT molecular complexity index is 1000. The Morgan fingerprint density at radius 2 is 1.97 bits per heavy atom. The van der Waals surface area contributed by atoms with E-state index in [1.165, 1.54) is 44.9 Å². The molecule has 0 bridgehead atoms. The summed E-state index contributed by atoms with van der Waals surface area (Å²) in [7, 11) is 0. The second-order valence-corrected chi connectivity index (χ2v) is 8.50. The number of aromatic amines is 1. The predicted molar refractivity (Wildman–Crippen MR) is 113 cm³/mol. The number of nitrogens with one attached hydrogen (secondary N) is 1. The normalized spacial score (nSPS) is 17.5. The van der Waals surface area contributed by atoms with Crippen LogP contribution in [0.4, 0.5) is 5.82 Å². The monoisotopic (exact) mass is 389 g/mol. The van der Waals surface area contributed by atoms with E-state index >= 15 is 0 Å². The van der Waals surface area contributed by atoms with Gasteiger partial charge in [-0.25, -0.2) is 9.97 Å². The van der Waals surface area contributed by atoms with Gasteiger partial charge in [-0.3, -0.25) is 9.89 Å². The lowest BCUT2D eigenvalue weighted by molar-refractivity contribution is 0.0988. The van der Waals surface area contributed by atoms with E-state index in [0.29, 0.717) is 18.2 Å². The summed E-state index contributed by atoms with van der Waals surface area (Å²) in [6, 6.07) is 8.36. The summed E-state index contributed by atoms with van der Waals surface area (Å²) in [6.07, 6.45) is 12.6. The van der Waals surface area contributed by atoms with Gasteiger partial charge in [-0.05, 0) is 43.2 Å². The third-order valence-electron chi connectivity index (χ3n) is 6.33. The molecule has 5 rings (SSSR count). The van der Waals surface area contributed by atoms with Crippen LogP contribution in [0.3, 0.4) is 0 Å². The van der Waals surface area contributed by atoms with Gasteiger partial charge in [0.25, 0.3) is 0 Å². The van der Waals surface area contributed by atoms with Gasteiger partial charge in [-0.2, -0.15) is 5.10 Å². The molecule has 1 N–H and O–H groups in total. The molecule has 29 heavy (non-hydrogen) atoms. The molecule has 2 aliphatic carbocycles. The molecule has 2 aromatic heterocycles. The number of Topliss-reactive ketones (excluding diaryl/α,β-unsaturated/α-hetero) is 1. The number of benzene rings is 1. The lowest BCUT2D eigenvalue weighted by Gasteiger charge is -2.35. The van der Waals surface area contributed by atoms with Crippen LogP contribution in [0.25, 0.3) is 10.9 Å². The standard InChI is InChI=1S/C23H27N5O/c29-22(11-17-5-4-8-20-19(17)13-26-27-20)21-12-23(25-15-24-21)28(14-16-9-10-16)18-6-2-1-3-7-18/h4-5,8,12-13,15-16,18H,1-3,6-7,9-11,14H2,(H,26,27). The molecule has 0 spiro atoms. The van der Waals surface area contributed by atoms with Crippen LogP contribution < -0.4 is 4.90 Å². The van der Waals surface area contributed by atoms with Crippen LogP contribution in [0.15, 0.2) is 36.8 Å². The van der Waals surface area contributed by atoms with Crippen molar-refractivity contribution in [1.82, 2.24) is 20.2 Å². The lowest BCUT2D eigenvalue weighted by Crippen LogP contribution is -2.39. The fourth-order valence-electron chi connectivity index (χ4n) is 4.50. The van der Waals surface area contributed by atoms with Crippen molar-refractivity contribution in [2.75, 3.05) is 11.4 Å². The number of ketones is 1. The first-order valence-corrected chi connectivity index (χ1v) is 10.8. The molecule has 6 heteroatoms. The number of hydrogen-bond donors (Lipinski definition) is 1. The van der Waals surface area contributed by atoms with E-state index in [1.54, 1.807) is 12.5 Å². The van der Waals surface area contributed by atoms with Crippen LogP contribution in [-0.4, -0.2) is 38.5 Å². The number of anilines is 1. The molecular weight excluding hydrogens is 362 g/mol. The van der Waals surface area contributed by atoms with Gasteiger partial charge in [0.15, 0.2) is 5.78 Å². The van der Waals surface area contributed by atoms with Crippen LogP contribution in [-0.2, 0) is 6.42 Å². The summed E-state index contributed by atoms with van der Waals surface area (Å²) < 4.78 is 0. The first-order valence-electron chi connectivity index (χ1n) is 10.8. The summed E-state index contributed by atoms with van der Waals surface area (Å²) in [4.78, 5) is 24.4. The molecule has 0 unspecified atom stereocenters. The summed E-state index contributed by atoms with van der Waals surface area (Å²) in [5.74, 6) is 1.73. The van der Waals surface area contributed by atoms with Crippen LogP contribution >= 0.6 is 0 Å². The SMILES string of the molecule is O=C(Cc1cccc2[nH]ncc12)c1cc(N(CC2CC2)C2CCCCC2)ncn1. The highest BCUT2D eigenvalue weighted by Gasteiger charge is 2.30. The van der Waals surface area contributed by atoms with E-state index in [1.807, 2.05) is 24.3 Å². The second kappa shape index (κ2) is 7.93. The van der Waals surface area contributed by atoms with Crippen LogP contribution in [0.1, 0.15) is 61.0 Å². The zero-order valence-corrected chi connectivity index (χ0v) is 16.7. The summed E-state index contributed by atoms with van der Waals surface area (Å²) in [6.45, 7) is 1.06. The smallest absolute Gasteiger partial charge is 0.185 e. The molecule has 150 valence electrons. The topological polar surface area (TPSA) is 74.8 Å². The van der Waals surface area contributed by atoms with Crippen molar-refractivity contribution in [3.8, 4) is 0 Å². The van der Waals surface area contributed by atoms with E-state index in [9.17, 15) is 4.79 Å². The Labute approximate surface area is 170 Å². The molecule has 0 atom stereocenters. The number of nitrogens with zero attached hydrogens (tertiary/aromatic N) is 4. The minimum Gasteiger partial charge on any atom is -0.353 e. The molecule has 2 saturated carbocycles. The maximum Gasteiger partial charge on any atom is 0.185 e. The van der Waals surface area contributed by atoms with E-state index in [2.05, 4.69) is 25.1 Å². The van der Waals surface area contributed by atoms with E-state index in [-0.39, 0.29) is 5.78 Å². The highest BCUT2D eigenvalue weighted by atomic mass is 16.1. The van der Waals surface area contributed by atoms with Crippen LogP contribution in [0.2, 0.25) is 0 Å². The number of rotatable bonds is 7. The van der Waals surface area contributed by atoms with Crippen molar-refractivity contribution >= 4 is 22.5 Å². The van der Waals surface area contributed by atoms with Gasteiger partial charge in [0.1, 0.15) is 17.8 Å². The number of fused-ring (bicyclic) bond motifs is 1. The number of hydrogen-bond acceptors (Lipinski definition) is 5. The molecule has 0 radical (unpaired) electrons. The zero-order chi connectivity index (χ0) is 19.6. The molecule has 1 aromatic carbocycles. The molecular formula is C23H27N5O. The van der Waals surface area contributed by atoms with Crippen molar-refractivity contribution < 1.29 is 4.79 Å². The first kappa shape index (κ1) is 18.3. The predicted octanol–water partition coefficient (Wildman–Crippen LogP) is 4.33. The van der Waals surface area contributed by atoms with E-state index < -0.39 is 0 Å². The van der Waals surface area contributed by atoms with Crippen molar-refractivity contribution in [2.24, 2.45) is 5.92 Å². The highest BCUT2D eigenvalue weighted by Crippen LogP contribution is 2.34. The summed E-state index contributed by atoms with van der Waals surface area (Å²) >= 11 is 0. The summed E-state index contributed by atoms with van der Waals surface area (Å²) in [5.41, 5.74) is 2.43. The maximum absolute atomic E-state index is 13.0. The van der Waals surface area contributed by atoms with Gasteiger partial charge in [-0.1, -0.05) is 31.4 Å². The average molecular weight is 390 g/mol. The molecule has 0 saturated heterocycles. The van der Waals surface area contributed by atoms with Gasteiger partial charge in [0.2, 0.25) is 0 Å². The van der Waals surface area contributed by atoms with Crippen LogP contribution in [0, 0.1) is 5.92 Å². The molecule has 2 aliphatic rings. The Hall–Kier alpha value is -2.76. The molecule has 2 fully saturated rings. The van der Waals surface area contributed by atoms with Crippen molar-refractivity contribution in [3.05, 3.63) is 48.0 Å². The van der Waals surface area contributed by atoms with Gasteiger partial charge >= 0.3 is 0 Å². The minimum absolute atomic E-state index is 0.0253. The number of carbonyl (C=O) groups excluding carboxylic acids is 1. The van der Waals surface area contributed by atoms with Crippen LogP contribution in [0.5, 0.6) is 0 Å². The first-order chi connectivity index (χ1) is 14.3. The Morgan fingerprint density at radius 3 is 2.79 bits per heavy atom. The fourth-order valence-corrected chi connectivity index (χ4v) is 4.50. The molecule has 3 aromatic rings. The van der Waals surface area contributed by atoms with E-state index in [4.69, 9.17) is 0 Å². The van der Waals surface area contributed by atoms with Gasteiger partial charge in [0.05, 0.1) is 11.7 Å². The number of carbonyl (C=O) groups is 1. The molecule has 6 nitrogen and oxygen atoms in total. The highest BCUT2D eigenvalue weighted by molar-refractivity contribution is 5.98. The maximum atomic E-state index is 13.0. The van der Waals surface area contributed by atoms with Crippen molar-refractivity contribution in [2.45, 2.75) is 57.4 Å². The van der Waals surface area contributed by atoms with Gasteiger partial charge in [0, 0.05) is 30.5 Å². The molecule has 0 aliphatic heterocycles. The van der Waals surface area contributed by atoms with Crippen molar-refractivity contribution in [1.29, 1.82) is 0 Å². The Balaban J connectivity index is 1.38. The summed E-state index contributed by atoms with van der Waals surface area (Å²) in [5, 5.41) is 8.05. The fraction of sp³-hybridized carbons (Fsp3) is 0.478. The number of H-pyrrole nitrogens is 1. The lowest BCUT2D eigenvalue weighted by atomic mass is 9.94. The third kappa shape index (κ3) is 4.02.